The van der Waals surface area contributed by atoms with Gasteiger partial charge in [-0.1, -0.05) is 6.42 Å². The fourth-order valence-electron chi connectivity index (χ4n) is 4.51. The zero-order valence-corrected chi connectivity index (χ0v) is 7.83. The van der Waals surface area contributed by atoms with Crippen molar-refractivity contribution in [3.05, 3.63) is 0 Å². The zero-order valence-electron chi connectivity index (χ0n) is 7.83. The second kappa shape index (κ2) is 2.28. The highest BCUT2D eigenvalue weighted by Gasteiger charge is 2.63. The lowest BCUT2D eigenvalue weighted by atomic mass is 9.68. The van der Waals surface area contributed by atoms with Gasteiger partial charge in [-0.05, 0) is 49.9 Å². The van der Waals surface area contributed by atoms with Crippen molar-refractivity contribution in [1.82, 2.24) is 0 Å². The number of carbonyl (C=O) groups is 1. The summed E-state index contributed by atoms with van der Waals surface area (Å²) < 4.78 is 0. The predicted molar refractivity (Wildman–Crippen MR) is 48.2 cm³/mol. The Hall–Kier alpha value is -0.530. The van der Waals surface area contributed by atoms with E-state index < -0.39 is 5.97 Å². The third-order valence-corrected chi connectivity index (χ3v) is 4.94. The summed E-state index contributed by atoms with van der Waals surface area (Å²) in [5.74, 6) is 1.36. The molecule has 2 heteroatoms. The fraction of sp³-hybridized carbons (Fsp3) is 0.909. The second-order valence-corrected chi connectivity index (χ2v) is 5.11. The Bertz CT molecular complexity index is 261. The van der Waals surface area contributed by atoms with E-state index in [0.717, 1.165) is 18.8 Å². The molecule has 0 aromatic carbocycles. The first kappa shape index (κ1) is 7.84. The van der Waals surface area contributed by atoms with Crippen LogP contribution in [0.2, 0.25) is 0 Å². The van der Waals surface area contributed by atoms with E-state index in [9.17, 15) is 9.90 Å². The van der Waals surface area contributed by atoms with Crippen molar-refractivity contribution in [1.29, 1.82) is 0 Å². The summed E-state index contributed by atoms with van der Waals surface area (Å²) in [6, 6.07) is 0. The molecule has 3 aliphatic carbocycles. The van der Waals surface area contributed by atoms with E-state index in [1.54, 1.807) is 0 Å². The van der Waals surface area contributed by atoms with Gasteiger partial charge in [-0.25, -0.2) is 0 Å². The molecule has 2 unspecified atom stereocenters. The third-order valence-electron chi connectivity index (χ3n) is 4.94. The number of hydrogen-bond acceptors (Lipinski definition) is 1. The summed E-state index contributed by atoms with van der Waals surface area (Å²) in [5.41, 5.74) is -0.261. The van der Waals surface area contributed by atoms with Gasteiger partial charge >= 0.3 is 5.97 Å². The first-order valence-electron chi connectivity index (χ1n) is 5.48. The van der Waals surface area contributed by atoms with Gasteiger partial charge < -0.3 is 5.11 Å². The van der Waals surface area contributed by atoms with Crippen LogP contribution in [0, 0.1) is 23.2 Å². The first-order valence-corrected chi connectivity index (χ1v) is 5.48. The highest BCUT2D eigenvalue weighted by molar-refractivity contribution is 5.77. The maximum atomic E-state index is 11.4. The number of fused-ring (bicyclic) bond motifs is 5. The molecule has 0 aromatic rings. The van der Waals surface area contributed by atoms with Gasteiger partial charge in [0.25, 0.3) is 0 Å². The van der Waals surface area contributed by atoms with Crippen LogP contribution in [0.15, 0.2) is 0 Å². The van der Waals surface area contributed by atoms with Crippen molar-refractivity contribution in [3.63, 3.8) is 0 Å². The number of carboxylic acid groups (broad SMARTS) is 1. The van der Waals surface area contributed by atoms with Crippen LogP contribution in [-0.2, 0) is 4.79 Å². The maximum absolute atomic E-state index is 11.4. The quantitative estimate of drug-likeness (QED) is 0.672. The van der Waals surface area contributed by atoms with Gasteiger partial charge in [-0.3, -0.25) is 4.79 Å². The zero-order chi connectivity index (χ0) is 9.05. The van der Waals surface area contributed by atoms with Crippen molar-refractivity contribution < 1.29 is 9.90 Å². The van der Waals surface area contributed by atoms with Gasteiger partial charge in [0.15, 0.2) is 0 Å². The molecule has 72 valence electrons. The van der Waals surface area contributed by atoms with Gasteiger partial charge in [0.2, 0.25) is 0 Å². The van der Waals surface area contributed by atoms with Crippen molar-refractivity contribution in [3.8, 4) is 0 Å². The van der Waals surface area contributed by atoms with E-state index in [4.69, 9.17) is 0 Å². The molecular weight excluding hydrogens is 164 g/mol. The lowest BCUT2D eigenvalue weighted by Crippen LogP contribution is -2.39. The van der Waals surface area contributed by atoms with Crippen LogP contribution in [0.3, 0.4) is 0 Å². The molecule has 2 nitrogen and oxygen atoms in total. The van der Waals surface area contributed by atoms with Crippen LogP contribution in [0.25, 0.3) is 0 Å². The van der Waals surface area contributed by atoms with Crippen molar-refractivity contribution in [2.45, 2.75) is 38.5 Å². The Morgan fingerprint density at radius 3 is 2.85 bits per heavy atom. The van der Waals surface area contributed by atoms with Crippen molar-refractivity contribution in [2.75, 3.05) is 0 Å². The molecule has 4 atom stereocenters. The van der Waals surface area contributed by atoms with Crippen molar-refractivity contribution in [2.24, 2.45) is 23.2 Å². The van der Waals surface area contributed by atoms with Crippen LogP contribution >= 0.6 is 0 Å². The largest absolute Gasteiger partial charge is 0.481 e. The summed E-state index contributed by atoms with van der Waals surface area (Å²) in [4.78, 5) is 11.4. The standard InChI is InChI=1S/C11H16O2/c12-10(13)11-5-1-2-9(11)7-3-4-8(11)6-7/h7-9H,1-6H2,(H,12,13)/t7-,8+,9?,11?/m0/s1. The minimum absolute atomic E-state index is 0.261. The Morgan fingerprint density at radius 2 is 2.15 bits per heavy atom. The predicted octanol–water partition coefficient (Wildman–Crippen LogP) is 2.29. The normalized spacial score (nSPS) is 52.5. The van der Waals surface area contributed by atoms with E-state index in [1.807, 2.05) is 0 Å². The molecule has 13 heavy (non-hydrogen) atoms. The Morgan fingerprint density at radius 1 is 1.31 bits per heavy atom. The number of hydrogen-bond donors (Lipinski definition) is 1. The SMILES string of the molecule is O=C(O)C12CCCC1[C@H]1CC[C@@H]2C1. The summed E-state index contributed by atoms with van der Waals surface area (Å²) >= 11 is 0. The Balaban J connectivity index is 2.04. The highest BCUT2D eigenvalue weighted by Crippen LogP contribution is 2.66. The molecule has 3 aliphatic rings. The lowest BCUT2D eigenvalue weighted by molar-refractivity contribution is -0.154. The smallest absolute Gasteiger partial charge is 0.310 e. The lowest BCUT2D eigenvalue weighted by Gasteiger charge is -2.35. The average Bonchev–Trinajstić information content (AvgIpc) is 2.76. The molecule has 1 N–H and O–H groups in total. The highest BCUT2D eigenvalue weighted by atomic mass is 16.4. The number of carboxylic acids is 1. The first-order chi connectivity index (χ1) is 6.25. The number of aliphatic carboxylic acids is 1. The van der Waals surface area contributed by atoms with Crippen LogP contribution in [0.5, 0.6) is 0 Å². The molecule has 2 bridgehead atoms. The van der Waals surface area contributed by atoms with Crippen molar-refractivity contribution >= 4 is 5.97 Å². The van der Waals surface area contributed by atoms with E-state index in [-0.39, 0.29) is 5.41 Å². The molecular formula is C11H16O2. The minimum Gasteiger partial charge on any atom is -0.481 e. The Labute approximate surface area is 78.3 Å². The van der Waals surface area contributed by atoms with Gasteiger partial charge in [0, 0.05) is 0 Å². The van der Waals surface area contributed by atoms with Crippen LogP contribution in [0.4, 0.5) is 0 Å². The maximum Gasteiger partial charge on any atom is 0.310 e. The Kier molecular flexibility index (Phi) is 1.38. The van der Waals surface area contributed by atoms with Crippen LogP contribution in [-0.4, -0.2) is 11.1 Å². The molecule has 0 radical (unpaired) electrons. The molecule has 0 heterocycles. The van der Waals surface area contributed by atoms with Gasteiger partial charge in [0.05, 0.1) is 5.41 Å². The van der Waals surface area contributed by atoms with E-state index in [2.05, 4.69) is 0 Å². The monoisotopic (exact) mass is 180 g/mol. The number of rotatable bonds is 1. The summed E-state index contributed by atoms with van der Waals surface area (Å²) in [6.45, 7) is 0. The average molecular weight is 180 g/mol. The molecule has 0 amide bonds. The molecule has 3 fully saturated rings. The van der Waals surface area contributed by atoms with Crippen LogP contribution in [0.1, 0.15) is 38.5 Å². The molecule has 0 aliphatic heterocycles. The topological polar surface area (TPSA) is 37.3 Å². The third kappa shape index (κ3) is 0.733. The minimum atomic E-state index is -0.484. The molecule has 3 saturated carbocycles. The summed E-state index contributed by atoms with van der Waals surface area (Å²) in [7, 11) is 0. The molecule has 0 saturated heterocycles. The fourth-order valence-corrected chi connectivity index (χ4v) is 4.51. The van der Waals surface area contributed by atoms with Crippen LogP contribution < -0.4 is 0 Å². The van der Waals surface area contributed by atoms with Gasteiger partial charge in [-0.15, -0.1) is 0 Å². The second-order valence-electron chi connectivity index (χ2n) is 5.11. The summed E-state index contributed by atoms with van der Waals surface area (Å²) in [6.07, 6.45) is 7.03. The van der Waals surface area contributed by atoms with E-state index in [1.165, 1.54) is 25.7 Å². The van der Waals surface area contributed by atoms with E-state index in [0.29, 0.717) is 11.8 Å². The molecule has 3 rings (SSSR count). The van der Waals surface area contributed by atoms with Gasteiger partial charge in [-0.2, -0.15) is 0 Å². The van der Waals surface area contributed by atoms with E-state index >= 15 is 0 Å². The summed E-state index contributed by atoms with van der Waals surface area (Å²) in [5, 5.41) is 9.40. The molecule has 0 aromatic heterocycles. The molecule has 0 spiro atoms. The van der Waals surface area contributed by atoms with Gasteiger partial charge in [0.1, 0.15) is 0 Å².